The van der Waals surface area contributed by atoms with E-state index < -0.39 is 12.1 Å². The maximum atomic E-state index is 11.1. The predicted octanol–water partition coefficient (Wildman–Crippen LogP) is 0.982. The number of carbonyl (C=O) groups is 1. The monoisotopic (exact) mass is 265 g/mol. The molecule has 1 aliphatic heterocycles. The van der Waals surface area contributed by atoms with Crippen molar-refractivity contribution in [2.24, 2.45) is 0 Å². The topological polar surface area (TPSA) is 59.0 Å². The number of methoxy groups -OCH3 is 1. The molecule has 5 nitrogen and oxygen atoms in total. The van der Waals surface area contributed by atoms with Gasteiger partial charge in [0.1, 0.15) is 5.75 Å². The number of hydrogen-bond donors (Lipinski definition) is 1. The summed E-state index contributed by atoms with van der Waals surface area (Å²) in [6.45, 7) is 1.11. The number of rotatable bonds is 5. The molecule has 1 aliphatic rings. The van der Waals surface area contributed by atoms with Crippen molar-refractivity contribution in [3.8, 4) is 5.75 Å². The fourth-order valence-electron chi connectivity index (χ4n) is 2.17. The molecular formula is C14H19NO4. The van der Waals surface area contributed by atoms with Gasteiger partial charge in [0.25, 0.3) is 0 Å². The Morgan fingerprint density at radius 1 is 1.58 bits per heavy atom. The number of fused-ring (bicyclic) bond motifs is 1. The van der Waals surface area contributed by atoms with Gasteiger partial charge in [0.15, 0.2) is 0 Å². The minimum Gasteiger partial charge on any atom is -0.493 e. The third-order valence-corrected chi connectivity index (χ3v) is 3.23. The van der Waals surface area contributed by atoms with Gasteiger partial charge in [0, 0.05) is 25.7 Å². The Hall–Kier alpha value is -1.75. The van der Waals surface area contributed by atoms with E-state index in [1.807, 2.05) is 24.1 Å². The Labute approximate surface area is 112 Å². The van der Waals surface area contributed by atoms with Crippen LogP contribution in [-0.2, 0) is 16.0 Å². The lowest BCUT2D eigenvalue weighted by Gasteiger charge is -2.22. The molecule has 0 aromatic heterocycles. The van der Waals surface area contributed by atoms with E-state index in [2.05, 4.69) is 10.8 Å². The first-order valence-electron chi connectivity index (χ1n) is 6.32. The Morgan fingerprint density at radius 3 is 3.11 bits per heavy atom. The van der Waals surface area contributed by atoms with E-state index in [0.717, 1.165) is 24.5 Å². The molecular weight excluding hydrogens is 246 g/mol. The average Bonchev–Trinajstić information content (AvgIpc) is 2.85. The van der Waals surface area contributed by atoms with Crippen molar-refractivity contribution in [1.29, 1.82) is 0 Å². The van der Waals surface area contributed by atoms with E-state index in [4.69, 9.17) is 4.74 Å². The van der Waals surface area contributed by atoms with Crippen LogP contribution in [-0.4, -0.2) is 44.5 Å². The number of carbonyl (C=O) groups excluding carboxylic acids is 1. The lowest BCUT2D eigenvalue weighted by atomic mass is 10.1. The van der Waals surface area contributed by atoms with Gasteiger partial charge < -0.3 is 19.5 Å². The molecule has 0 bridgehead atoms. The molecule has 1 atom stereocenters. The Kier molecular flexibility index (Phi) is 4.27. The molecule has 1 aromatic carbocycles. The molecule has 0 saturated heterocycles. The van der Waals surface area contributed by atoms with E-state index in [9.17, 15) is 9.90 Å². The zero-order chi connectivity index (χ0) is 13.8. The number of ether oxygens (including phenoxy) is 2. The molecule has 2 rings (SSSR count). The van der Waals surface area contributed by atoms with Crippen LogP contribution in [0.3, 0.4) is 0 Å². The highest BCUT2D eigenvalue weighted by Gasteiger charge is 2.16. The molecule has 0 spiro atoms. The molecule has 1 aromatic rings. The van der Waals surface area contributed by atoms with E-state index >= 15 is 0 Å². The van der Waals surface area contributed by atoms with Crippen LogP contribution in [0.4, 0.5) is 5.69 Å². The summed E-state index contributed by atoms with van der Waals surface area (Å²) in [5.74, 6) is 0.538. The lowest BCUT2D eigenvalue weighted by Crippen LogP contribution is -2.30. The predicted molar refractivity (Wildman–Crippen MR) is 71.6 cm³/mol. The minimum atomic E-state index is -0.734. The van der Waals surface area contributed by atoms with Crippen molar-refractivity contribution >= 4 is 11.7 Å². The molecule has 0 radical (unpaired) electrons. The van der Waals surface area contributed by atoms with Crippen LogP contribution < -0.4 is 9.64 Å². The summed E-state index contributed by atoms with van der Waals surface area (Å²) in [5, 5.41) is 9.81. The molecule has 1 N–H and O–H groups in total. The van der Waals surface area contributed by atoms with Gasteiger partial charge in [-0.25, -0.2) is 0 Å². The second-order valence-corrected chi connectivity index (χ2v) is 4.71. The van der Waals surface area contributed by atoms with E-state index in [-0.39, 0.29) is 6.42 Å². The van der Waals surface area contributed by atoms with Gasteiger partial charge in [-0.3, -0.25) is 4.79 Å². The summed E-state index contributed by atoms with van der Waals surface area (Å²) in [7, 11) is 3.21. The van der Waals surface area contributed by atoms with Crippen LogP contribution in [0, 0.1) is 0 Å². The number of aliphatic hydroxyl groups excluding tert-OH is 1. The smallest absolute Gasteiger partial charge is 0.308 e. The van der Waals surface area contributed by atoms with Crippen molar-refractivity contribution in [3.05, 3.63) is 23.8 Å². The van der Waals surface area contributed by atoms with Crippen molar-refractivity contribution in [2.45, 2.75) is 18.9 Å². The molecule has 19 heavy (non-hydrogen) atoms. The number of esters is 1. The van der Waals surface area contributed by atoms with Gasteiger partial charge in [0.05, 0.1) is 26.2 Å². The van der Waals surface area contributed by atoms with Crippen molar-refractivity contribution in [2.75, 3.05) is 32.2 Å². The van der Waals surface area contributed by atoms with Crippen LogP contribution in [0.15, 0.2) is 18.2 Å². The van der Waals surface area contributed by atoms with Gasteiger partial charge in [-0.2, -0.15) is 0 Å². The van der Waals surface area contributed by atoms with E-state index in [1.165, 1.54) is 12.7 Å². The van der Waals surface area contributed by atoms with Gasteiger partial charge >= 0.3 is 5.97 Å². The van der Waals surface area contributed by atoms with Crippen molar-refractivity contribution < 1.29 is 19.4 Å². The summed E-state index contributed by atoms with van der Waals surface area (Å²) in [5.41, 5.74) is 2.19. The molecule has 1 heterocycles. The van der Waals surface area contributed by atoms with Crippen LogP contribution in [0.25, 0.3) is 0 Å². The van der Waals surface area contributed by atoms with E-state index in [0.29, 0.717) is 6.54 Å². The number of benzene rings is 1. The third-order valence-electron chi connectivity index (χ3n) is 3.23. The zero-order valence-corrected chi connectivity index (χ0v) is 11.3. The first-order chi connectivity index (χ1) is 9.10. The zero-order valence-electron chi connectivity index (χ0n) is 11.3. The maximum Gasteiger partial charge on any atom is 0.308 e. The highest BCUT2D eigenvalue weighted by Crippen LogP contribution is 2.29. The number of likely N-dealkylation sites (N-methyl/N-ethyl adjacent to an activating group) is 1. The summed E-state index contributed by atoms with van der Waals surface area (Å²) >= 11 is 0. The van der Waals surface area contributed by atoms with Gasteiger partial charge in [-0.1, -0.05) is 0 Å². The SMILES string of the molecule is COC(=O)CC(O)CN(C)c1ccc2c(c1)CCO2. The van der Waals surface area contributed by atoms with Crippen molar-refractivity contribution in [1.82, 2.24) is 0 Å². The molecule has 5 heteroatoms. The van der Waals surface area contributed by atoms with Crippen LogP contribution >= 0.6 is 0 Å². The summed E-state index contributed by atoms with van der Waals surface area (Å²) in [6, 6.07) is 5.96. The second-order valence-electron chi connectivity index (χ2n) is 4.71. The number of nitrogens with zero attached hydrogens (tertiary/aromatic N) is 1. The Bertz CT molecular complexity index is 461. The fourth-order valence-corrected chi connectivity index (χ4v) is 2.17. The van der Waals surface area contributed by atoms with Crippen molar-refractivity contribution in [3.63, 3.8) is 0 Å². The van der Waals surface area contributed by atoms with Gasteiger partial charge in [-0.15, -0.1) is 0 Å². The van der Waals surface area contributed by atoms with Gasteiger partial charge in [0.2, 0.25) is 0 Å². The lowest BCUT2D eigenvalue weighted by molar-refractivity contribution is -0.142. The highest BCUT2D eigenvalue weighted by atomic mass is 16.5. The molecule has 0 aliphatic carbocycles. The van der Waals surface area contributed by atoms with Crippen LogP contribution in [0.1, 0.15) is 12.0 Å². The molecule has 0 amide bonds. The number of anilines is 1. The largest absolute Gasteiger partial charge is 0.493 e. The minimum absolute atomic E-state index is 0.00882. The van der Waals surface area contributed by atoms with Crippen LogP contribution in [0.5, 0.6) is 5.75 Å². The summed E-state index contributed by atoms with van der Waals surface area (Å²) < 4.78 is 9.99. The second kappa shape index (κ2) is 5.93. The number of aliphatic hydroxyl groups is 1. The average molecular weight is 265 g/mol. The first-order valence-corrected chi connectivity index (χ1v) is 6.32. The first kappa shape index (κ1) is 13.7. The number of hydrogen-bond acceptors (Lipinski definition) is 5. The molecule has 1 unspecified atom stereocenters. The Morgan fingerprint density at radius 2 is 2.37 bits per heavy atom. The summed E-state index contributed by atoms with van der Waals surface area (Å²) in [4.78, 5) is 13.0. The van der Waals surface area contributed by atoms with Gasteiger partial charge in [-0.05, 0) is 23.8 Å². The molecule has 0 fully saturated rings. The highest BCUT2D eigenvalue weighted by molar-refractivity contribution is 5.69. The standard InChI is InChI=1S/C14H19NO4/c1-15(9-12(16)8-14(17)18-2)11-3-4-13-10(7-11)5-6-19-13/h3-4,7,12,16H,5-6,8-9H2,1-2H3. The summed E-state index contributed by atoms with van der Waals surface area (Å²) in [6.07, 6.45) is 0.193. The third kappa shape index (κ3) is 3.38. The molecule has 0 saturated carbocycles. The Balaban J connectivity index is 1.96. The van der Waals surface area contributed by atoms with E-state index in [1.54, 1.807) is 0 Å². The normalized spacial score (nSPS) is 14.5. The molecule has 104 valence electrons. The maximum absolute atomic E-state index is 11.1. The quantitative estimate of drug-likeness (QED) is 0.804. The van der Waals surface area contributed by atoms with Crippen LogP contribution in [0.2, 0.25) is 0 Å². The fraction of sp³-hybridized carbons (Fsp3) is 0.500.